The molecule has 1 aromatic carbocycles. The van der Waals surface area contributed by atoms with Gasteiger partial charge in [-0.15, -0.1) is 0 Å². The Morgan fingerprint density at radius 1 is 0.933 bits per heavy atom. The van der Waals surface area contributed by atoms with Crippen LogP contribution in [0, 0.1) is 0 Å². The van der Waals surface area contributed by atoms with Crippen molar-refractivity contribution >= 4 is 31.9 Å². The first-order valence-electron chi connectivity index (χ1n) is 4.65. The van der Waals surface area contributed by atoms with Crippen molar-refractivity contribution in [3.8, 4) is 0 Å². The third-order valence-corrected chi connectivity index (χ3v) is 3.68. The summed E-state index contributed by atoms with van der Waals surface area (Å²) in [5.41, 5.74) is 1.27. The largest absolute Gasteiger partial charge is 0.248 e. The molecule has 0 spiro atoms. The zero-order chi connectivity index (χ0) is 10.7. The summed E-state index contributed by atoms with van der Waals surface area (Å²) in [5, 5.41) is 0. The molecule has 0 radical (unpaired) electrons. The van der Waals surface area contributed by atoms with Gasteiger partial charge in [0.05, 0.1) is 0 Å². The SMILES string of the molecule is Brc1ccccc1C[n+]1ccccc1Br. The molecule has 0 aliphatic carbocycles. The van der Waals surface area contributed by atoms with Crippen LogP contribution in [0.25, 0.3) is 0 Å². The van der Waals surface area contributed by atoms with E-state index in [9.17, 15) is 0 Å². The molecule has 0 fully saturated rings. The highest BCUT2D eigenvalue weighted by molar-refractivity contribution is 9.10. The summed E-state index contributed by atoms with van der Waals surface area (Å²) in [6, 6.07) is 14.3. The van der Waals surface area contributed by atoms with Crippen LogP contribution in [0.2, 0.25) is 0 Å². The lowest BCUT2D eigenvalue weighted by molar-refractivity contribution is -0.699. The zero-order valence-corrected chi connectivity index (χ0v) is 11.2. The number of pyridine rings is 1. The van der Waals surface area contributed by atoms with E-state index in [0.29, 0.717) is 0 Å². The molecule has 1 heterocycles. The standard InChI is InChI=1S/C12H10Br2N/c13-11-6-2-1-5-10(11)9-15-8-4-3-7-12(15)14/h1-8H,9H2/q+1. The molecule has 0 unspecified atom stereocenters. The van der Waals surface area contributed by atoms with Crippen LogP contribution in [0.1, 0.15) is 5.56 Å². The summed E-state index contributed by atoms with van der Waals surface area (Å²) in [5.74, 6) is 0. The van der Waals surface area contributed by atoms with Crippen molar-refractivity contribution in [2.24, 2.45) is 0 Å². The molecule has 1 nitrogen and oxygen atoms in total. The Labute approximate surface area is 106 Å². The summed E-state index contributed by atoms with van der Waals surface area (Å²) in [4.78, 5) is 0. The second-order valence-corrected chi connectivity index (χ2v) is 4.91. The minimum Gasteiger partial charge on any atom is -0.188 e. The minimum atomic E-state index is 0.864. The molecule has 0 aliphatic heterocycles. The van der Waals surface area contributed by atoms with Gasteiger partial charge >= 0.3 is 0 Å². The van der Waals surface area contributed by atoms with Gasteiger partial charge in [-0.05, 0) is 12.1 Å². The highest BCUT2D eigenvalue weighted by Crippen LogP contribution is 2.15. The van der Waals surface area contributed by atoms with Gasteiger partial charge in [0.1, 0.15) is 0 Å². The van der Waals surface area contributed by atoms with E-state index in [0.717, 1.165) is 15.6 Å². The van der Waals surface area contributed by atoms with Crippen molar-refractivity contribution in [2.45, 2.75) is 6.54 Å². The van der Waals surface area contributed by atoms with Crippen LogP contribution in [-0.2, 0) is 6.54 Å². The van der Waals surface area contributed by atoms with Crippen LogP contribution in [-0.4, -0.2) is 0 Å². The number of hydrogen-bond donors (Lipinski definition) is 0. The first kappa shape index (κ1) is 10.8. The molecule has 76 valence electrons. The van der Waals surface area contributed by atoms with Gasteiger partial charge in [-0.1, -0.05) is 34.1 Å². The number of rotatable bonds is 2. The van der Waals surface area contributed by atoms with E-state index < -0.39 is 0 Å². The lowest BCUT2D eigenvalue weighted by atomic mass is 10.2. The fourth-order valence-corrected chi connectivity index (χ4v) is 2.20. The second kappa shape index (κ2) is 4.90. The van der Waals surface area contributed by atoms with Gasteiger partial charge < -0.3 is 0 Å². The van der Waals surface area contributed by atoms with E-state index in [2.05, 4.69) is 60.8 Å². The fourth-order valence-electron chi connectivity index (χ4n) is 1.39. The molecular formula is C12H10Br2N+. The molecule has 0 bridgehead atoms. The van der Waals surface area contributed by atoms with Crippen molar-refractivity contribution in [3.05, 3.63) is 63.3 Å². The molecule has 0 N–H and O–H groups in total. The topological polar surface area (TPSA) is 3.88 Å². The average Bonchev–Trinajstić information content (AvgIpc) is 2.24. The summed E-state index contributed by atoms with van der Waals surface area (Å²) in [6.45, 7) is 0.864. The lowest BCUT2D eigenvalue weighted by Gasteiger charge is -2.01. The van der Waals surface area contributed by atoms with Gasteiger partial charge in [-0.2, -0.15) is 4.57 Å². The summed E-state index contributed by atoms with van der Waals surface area (Å²) in [7, 11) is 0. The highest BCUT2D eigenvalue weighted by Gasteiger charge is 2.08. The second-order valence-electron chi connectivity index (χ2n) is 3.24. The first-order valence-corrected chi connectivity index (χ1v) is 6.23. The molecule has 1 aromatic heterocycles. The minimum absolute atomic E-state index is 0.864. The molecule has 0 saturated carbocycles. The van der Waals surface area contributed by atoms with Gasteiger partial charge in [-0.3, -0.25) is 0 Å². The molecule has 0 amide bonds. The quantitative estimate of drug-likeness (QED) is 0.586. The van der Waals surface area contributed by atoms with Crippen LogP contribution < -0.4 is 4.57 Å². The Morgan fingerprint density at radius 2 is 1.67 bits per heavy atom. The molecule has 0 saturated heterocycles. The van der Waals surface area contributed by atoms with Gasteiger partial charge in [-0.25, -0.2) is 0 Å². The van der Waals surface area contributed by atoms with Gasteiger partial charge in [0.2, 0.25) is 4.60 Å². The van der Waals surface area contributed by atoms with E-state index >= 15 is 0 Å². The monoisotopic (exact) mass is 326 g/mol. The maximum absolute atomic E-state index is 3.55. The Bertz CT molecular complexity index is 425. The van der Waals surface area contributed by atoms with Crippen molar-refractivity contribution in [2.75, 3.05) is 0 Å². The molecule has 0 aliphatic rings. The summed E-state index contributed by atoms with van der Waals surface area (Å²) < 4.78 is 4.38. The van der Waals surface area contributed by atoms with Crippen LogP contribution in [0.5, 0.6) is 0 Å². The van der Waals surface area contributed by atoms with Gasteiger partial charge in [0.15, 0.2) is 12.7 Å². The summed E-state index contributed by atoms with van der Waals surface area (Å²) in [6.07, 6.45) is 2.06. The van der Waals surface area contributed by atoms with E-state index in [1.807, 2.05) is 24.3 Å². The van der Waals surface area contributed by atoms with E-state index in [-0.39, 0.29) is 0 Å². The lowest BCUT2D eigenvalue weighted by Crippen LogP contribution is -2.35. The number of benzene rings is 1. The smallest absolute Gasteiger partial charge is 0.188 e. The van der Waals surface area contributed by atoms with E-state index in [4.69, 9.17) is 0 Å². The first-order chi connectivity index (χ1) is 7.27. The van der Waals surface area contributed by atoms with Crippen molar-refractivity contribution in [1.82, 2.24) is 0 Å². The van der Waals surface area contributed by atoms with Gasteiger partial charge in [0.25, 0.3) is 0 Å². The van der Waals surface area contributed by atoms with Crippen LogP contribution in [0.15, 0.2) is 57.7 Å². The predicted octanol–water partition coefficient (Wildman–Crippen LogP) is 3.55. The molecule has 15 heavy (non-hydrogen) atoms. The number of aromatic nitrogens is 1. The Kier molecular flexibility index (Phi) is 3.54. The third kappa shape index (κ3) is 2.67. The average molecular weight is 328 g/mol. The summed E-state index contributed by atoms with van der Waals surface area (Å²) >= 11 is 7.08. The molecular weight excluding hydrogens is 318 g/mol. The van der Waals surface area contributed by atoms with Crippen LogP contribution in [0.4, 0.5) is 0 Å². The number of halogens is 2. The highest BCUT2D eigenvalue weighted by atomic mass is 79.9. The zero-order valence-electron chi connectivity index (χ0n) is 8.03. The molecule has 0 atom stereocenters. The molecule has 2 rings (SSSR count). The predicted molar refractivity (Wildman–Crippen MR) is 67.6 cm³/mol. The maximum atomic E-state index is 3.55. The van der Waals surface area contributed by atoms with Crippen LogP contribution >= 0.6 is 31.9 Å². The molecule has 3 heteroatoms. The number of nitrogens with zero attached hydrogens (tertiary/aromatic N) is 1. The van der Waals surface area contributed by atoms with Crippen molar-refractivity contribution in [1.29, 1.82) is 0 Å². The maximum Gasteiger partial charge on any atom is 0.248 e. The third-order valence-electron chi connectivity index (χ3n) is 2.18. The Morgan fingerprint density at radius 3 is 2.40 bits per heavy atom. The van der Waals surface area contributed by atoms with Crippen molar-refractivity contribution in [3.63, 3.8) is 0 Å². The van der Waals surface area contributed by atoms with Crippen molar-refractivity contribution < 1.29 is 4.57 Å². The Hall–Kier alpha value is -0.670. The normalized spacial score (nSPS) is 10.3. The molecule has 2 aromatic rings. The van der Waals surface area contributed by atoms with E-state index in [1.54, 1.807) is 0 Å². The Balaban J connectivity index is 2.30. The number of hydrogen-bond acceptors (Lipinski definition) is 0. The van der Waals surface area contributed by atoms with Gasteiger partial charge in [0, 0.05) is 38.1 Å². The fraction of sp³-hybridized carbons (Fsp3) is 0.0833. The van der Waals surface area contributed by atoms with Crippen LogP contribution in [0.3, 0.4) is 0 Å². The van der Waals surface area contributed by atoms with E-state index in [1.165, 1.54) is 5.56 Å².